The number of hydrogen-bond acceptors (Lipinski definition) is 5. The fourth-order valence-corrected chi connectivity index (χ4v) is 3.84. The van der Waals surface area contributed by atoms with Gasteiger partial charge < -0.3 is 13.9 Å². The Labute approximate surface area is 167 Å². The molecule has 0 spiro atoms. The maximum atomic E-state index is 13.1. The molecular weight excluding hydrogens is 380 g/mol. The first-order valence-corrected chi connectivity index (χ1v) is 9.43. The average molecular weight is 399 g/mol. The Morgan fingerprint density at radius 1 is 1.21 bits per heavy atom. The quantitative estimate of drug-likeness (QED) is 0.548. The standard InChI is InChI=1S/C22H19ClO5/c1-4-26-21(25)20-12(2)18-16(27-20)9-10-17-19(18)15(24)11-22(3,28-17)13-5-7-14(23)8-6-13/h5-10H,4,11H2,1-3H3. The van der Waals surface area contributed by atoms with Gasteiger partial charge in [0.15, 0.2) is 5.78 Å². The van der Waals surface area contributed by atoms with E-state index in [1.54, 1.807) is 38.1 Å². The summed E-state index contributed by atoms with van der Waals surface area (Å²) in [6.07, 6.45) is 0.167. The molecule has 0 N–H and O–H groups in total. The number of furan rings is 1. The highest BCUT2D eigenvalue weighted by molar-refractivity contribution is 6.30. The summed E-state index contributed by atoms with van der Waals surface area (Å²) < 4.78 is 17.0. The van der Waals surface area contributed by atoms with Gasteiger partial charge in [0, 0.05) is 16.0 Å². The van der Waals surface area contributed by atoms with E-state index in [4.69, 9.17) is 25.5 Å². The second-order valence-corrected chi connectivity index (χ2v) is 7.46. The van der Waals surface area contributed by atoms with Gasteiger partial charge in [-0.15, -0.1) is 0 Å². The molecule has 6 heteroatoms. The lowest BCUT2D eigenvalue weighted by Gasteiger charge is -2.35. The van der Waals surface area contributed by atoms with Crippen molar-refractivity contribution < 1.29 is 23.5 Å². The highest BCUT2D eigenvalue weighted by Crippen LogP contribution is 2.44. The van der Waals surface area contributed by atoms with Gasteiger partial charge >= 0.3 is 5.97 Å². The summed E-state index contributed by atoms with van der Waals surface area (Å²) in [6.45, 7) is 5.60. The van der Waals surface area contributed by atoms with E-state index in [2.05, 4.69) is 0 Å². The number of rotatable bonds is 3. The topological polar surface area (TPSA) is 65.7 Å². The second-order valence-electron chi connectivity index (χ2n) is 7.03. The normalized spacial score (nSPS) is 18.6. The molecule has 0 amide bonds. The number of benzene rings is 2. The summed E-state index contributed by atoms with van der Waals surface area (Å²) in [5.74, 6) is -0.0201. The molecule has 0 saturated heterocycles. The number of halogens is 1. The molecule has 144 valence electrons. The van der Waals surface area contributed by atoms with Gasteiger partial charge in [0.25, 0.3) is 0 Å². The lowest BCUT2D eigenvalue weighted by atomic mass is 9.84. The van der Waals surface area contributed by atoms with Gasteiger partial charge in [0.1, 0.15) is 16.9 Å². The molecule has 1 aliphatic rings. The van der Waals surface area contributed by atoms with Crippen LogP contribution in [0.5, 0.6) is 5.75 Å². The zero-order chi connectivity index (χ0) is 20.1. The molecule has 5 nitrogen and oxygen atoms in total. The van der Waals surface area contributed by atoms with Crippen molar-refractivity contribution in [3.63, 3.8) is 0 Å². The molecule has 3 aromatic rings. The Balaban J connectivity index is 1.83. The van der Waals surface area contributed by atoms with Crippen molar-refractivity contribution in [2.75, 3.05) is 6.61 Å². The Morgan fingerprint density at radius 3 is 2.61 bits per heavy atom. The van der Waals surface area contributed by atoms with Gasteiger partial charge in [-0.2, -0.15) is 0 Å². The Bertz CT molecular complexity index is 1100. The van der Waals surface area contributed by atoms with Crippen LogP contribution >= 0.6 is 11.6 Å². The van der Waals surface area contributed by atoms with Crippen molar-refractivity contribution in [2.24, 2.45) is 0 Å². The third-order valence-corrected chi connectivity index (χ3v) is 5.34. The van der Waals surface area contributed by atoms with E-state index in [1.165, 1.54) is 0 Å². The average Bonchev–Trinajstić information content (AvgIpc) is 2.99. The van der Waals surface area contributed by atoms with Crippen LogP contribution in [-0.4, -0.2) is 18.4 Å². The van der Waals surface area contributed by atoms with Crippen LogP contribution in [0.25, 0.3) is 11.0 Å². The molecule has 1 atom stereocenters. The minimum Gasteiger partial charge on any atom is -0.482 e. The van der Waals surface area contributed by atoms with Gasteiger partial charge in [0.2, 0.25) is 5.76 Å². The van der Waals surface area contributed by atoms with Gasteiger partial charge in [-0.05, 0) is 50.6 Å². The number of esters is 1. The number of hydrogen-bond donors (Lipinski definition) is 0. The van der Waals surface area contributed by atoms with Gasteiger partial charge in [0.05, 0.1) is 18.6 Å². The first kappa shape index (κ1) is 18.6. The van der Waals surface area contributed by atoms with Gasteiger partial charge in [-0.25, -0.2) is 4.79 Å². The zero-order valence-electron chi connectivity index (χ0n) is 15.8. The molecule has 0 radical (unpaired) electrons. The van der Waals surface area contributed by atoms with E-state index in [0.717, 1.165) is 5.56 Å². The van der Waals surface area contributed by atoms with Crippen molar-refractivity contribution in [1.29, 1.82) is 0 Å². The Hall–Kier alpha value is -2.79. The highest BCUT2D eigenvalue weighted by Gasteiger charge is 2.40. The number of aryl methyl sites for hydroxylation is 1. The van der Waals surface area contributed by atoms with E-state index in [0.29, 0.717) is 32.9 Å². The van der Waals surface area contributed by atoms with Gasteiger partial charge in [-0.3, -0.25) is 4.79 Å². The van der Waals surface area contributed by atoms with Crippen molar-refractivity contribution in [2.45, 2.75) is 32.8 Å². The summed E-state index contributed by atoms with van der Waals surface area (Å²) in [5, 5.41) is 1.22. The van der Waals surface area contributed by atoms with Crippen LogP contribution in [0.2, 0.25) is 5.02 Å². The SMILES string of the molecule is CCOC(=O)c1oc2ccc3c(c2c1C)C(=O)CC(C)(c1ccc(Cl)cc1)O3. The van der Waals surface area contributed by atoms with E-state index in [9.17, 15) is 9.59 Å². The summed E-state index contributed by atoms with van der Waals surface area (Å²) in [6, 6.07) is 10.7. The molecule has 0 saturated carbocycles. The van der Waals surface area contributed by atoms with Crippen LogP contribution < -0.4 is 4.74 Å². The smallest absolute Gasteiger partial charge is 0.374 e. The lowest BCUT2D eigenvalue weighted by molar-refractivity contribution is 0.0487. The van der Waals surface area contributed by atoms with Crippen LogP contribution in [0, 0.1) is 6.92 Å². The minimum atomic E-state index is -0.802. The Morgan fingerprint density at radius 2 is 1.93 bits per heavy atom. The van der Waals surface area contributed by atoms with E-state index in [1.807, 2.05) is 19.1 Å². The largest absolute Gasteiger partial charge is 0.482 e. The molecular formula is C22H19ClO5. The maximum absolute atomic E-state index is 13.1. The van der Waals surface area contributed by atoms with Crippen LogP contribution in [0.4, 0.5) is 0 Å². The number of carbonyl (C=O) groups is 2. The van der Waals surface area contributed by atoms with Crippen molar-refractivity contribution in [3.05, 3.63) is 63.9 Å². The maximum Gasteiger partial charge on any atom is 0.374 e. The minimum absolute atomic E-state index is 0.0661. The van der Waals surface area contributed by atoms with E-state index < -0.39 is 11.6 Å². The predicted octanol–water partition coefficient (Wildman–Crippen LogP) is 5.45. The molecule has 4 rings (SSSR count). The van der Waals surface area contributed by atoms with Crippen molar-refractivity contribution in [3.8, 4) is 5.75 Å². The number of Topliss-reactive ketones (excluding diaryl/α,β-unsaturated/α-hetero) is 1. The number of carbonyl (C=O) groups excluding carboxylic acids is 2. The third kappa shape index (κ3) is 2.87. The number of ketones is 1. The monoisotopic (exact) mass is 398 g/mol. The first-order valence-electron chi connectivity index (χ1n) is 9.05. The van der Waals surface area contributed by atoms with E-state index in [-0.39, 0.29) is 24.6 Å². The summed E-state index contributed by atoms with van der Waals surface area (Å²) in [4.78, 5) is 25.3. The second kappa shape index (κ2) is 6.67. The van der Waals surface area contributed by atoms with Crippen LogP contribution in [0.3, 0.4) is 0 Å². The molecule has 1 aromatic heterocycles. The van der Waals surface area contributed by atoms with Crippen LogP contribution in [0.1, 0.15) is 52.3 Å². The number of ether oxygens (including phenoxy) is 2. The molecule has 1 aliphatic heterocycles. The molecule has 0 aliphatic carbocycles. The Kier molecular flexibility index (Phi) is 4.42. The van der Waals surface area contributed by atoms with Crippen molar-refractivity contribution >= 4 is 34.3 Å². The molecule has 0 fully saturated rings. The molecule has 2 aromatic carbocycles. The summed E-state index contributed by atoms with van der Waals surface area (Å²) in [7, 11) is 0. The van der Waals surface area contributed by atoms with Crippen LogP contribution in [0.15, 0.2) is 40.8 Å². The van der Waals surface area contributed by atoms with Gasteiger partial charge in [-0.1, -0.05) is 23.7 Å². The third-order valence-electron chi connectivity index (χ3n) is 5.08. The molecule has 1 unspecified atom stereocenters. The molecule has 0 bridgehead atoms. The summed E-state index contributed by atoms with van der Waals surface area (Å²) in [5.41, 5.74) is 1.56. The lowest BCUT2D eigenvalue weighted by Crippen LogP contribution is -2.36. The van der Waals surface area contributed by atoms with Crippen molar-refractivity contribution in [1.82, 2.24) is 0 Å². The fourth-order valence-electron chi connectivity index (χ4n) is 3.71. The van der Waals surface area contributed by atoms with Crippen LogP contribution in [-0.2, 0) is 10.3 Å². The highest BCUT2D eigenvalue weighted by atomic mass is 35.5. The molecule has 28 heavy (non-hydrogen) atoms. The van der Waals surface area contributed by atoms with E-state index >= 15 is 0 Å². The zero-order valence-corrected chi connectivity index (χ0v) is 16.6. The predicted molar refractivity (Wildman–Crippen MR) is 105 cm³/mol. The first-order chi connectivity index (χ1) is 13.3. The fraction of sp³-hybridized carbons (Fsp3) is 0.273. The molecule has 2 heterocycles. The number of fused-ring (bicyclic) bond motifs is 3. The summed E-state index contributed by atoms with van der Waals surface area (Å²) >= 11 is 5.98.